The molecule has 1 fully saturated rings. The van der Waals surface area contributed by atoms with Gasteiger partial charge in [0.25, 0.3) is 5.78 Å². The molecule has 3 heterocycles. The molecule has 0 saturated carbocycles. The minimum atomic E-state index is -0.912. The van der Waals surface area contributed by atoms with E-state index < -0.39 is 17.7 Å². The number of Topliss-reactive ketones (excluding diaryl/α,β-unsaturated/α-hetero) is 1. The van der Waals surface area contributed by atoms with E-state index in [1.807, 2.05) is 50.2 Å². The van der Waals surface area contributed by atoms with E-state index in [1.165, 1.54) is 16.2 Å². The standard InChI is InChI=1S/C30H26N2O6S/c1-3-11-36-20-6-4-5-18(15-20)26-25(27(33)19-8-10-22-23(16-19)38-13-12-37-22)28(34)29(35)32(26)30-31-21-9-7-17(2)14-24(21)39-30/h4-10,14-16,26,33H,3,11-13H2,1-2H3/t26-/m0/s1. The lowest BCUT2D eigenvalue weighted by molar-refractivity contribution is -0.132. The van der Waals surface area contributed by atoms with Gasteiger partial charge in [-0.15, -0.1) is 0 Å². The van der Waals surface area contributed by atoms with E-state index in [1.54, 1.807) is 24.3 Å². The Hall–Kier alpha value is -4.37. The molecule has 39 heavy (non-hydrogen) atoms. The van der Waals surface area contributed by atoms with Crippen LogP contribution < -0.4 is 19.1 Å². The van der Waals surface area contributed by atoms with E-state index in [-0.39, 0.29) is 11.3 Å². The number of ether oxygens (including phenoxy) is 3. The molecule has 2 aliphatic heterocycles. The van der Waals surface area contributed by atoms with Crippen molar-refractivity contribution in [3.05, 3.63) is 82.9 Å². The van der Waals surface area contributed by atoms with Crippen LogP contribution in [0.3, 0.4) is 0 Å². The molecule has 4 aromatic rings. The summed E-state index contributed by atoms with van der Waals surface area (Å²) in [4.78, 5) is 33.2. The molecule has 6 rings (SSSR count). The Bertz CT molecular complexity index is 1640. The summed E-state index contributed by atoms with van der Waals surface area (Å²) in [5.74, 6) is -0.209. The number of aryl methyl sites for hydroxylation is 1. The van der Waals surface area contributed by atoms with E-state index in [9.17, 15) is 14.7 Å². The fourth-order valence-corrected chi connectivity index (χ4v) is 5.90. The topological polar surface area (TPSA) is 98.2 Å². The average Bonchev–Trinajstić information content (AvgIpc) is 3.48. The molecule has 0 aliphatic carbocycles. The molecule has 0 bridgehead atoms. The molecule has 3 aromatic carbocycles. The number of amides is 1. The zero-order valence-corrected chi connectivity index (χ0v) is 22.3. The van der Waals surface area contributed by atoms with Gasteiger partial charge in [-0.05, 0) is 66.9 Å². The van der Waals surface area contributed by atoms with Crippen molar-refractivity contribution in [2.24, 2.45) is 0 Å². The maximum atomic E-state index is 13.6. The van der Waals surface area contributed by atoms with Crippen LogP contribution in [-0.2, 0) is 9.59 Å². The van der Waals surface area contributed by atoms with Gasteiger partial charge in [-0.25, -0.2) is 4.98 Å². The molecule has 1 saturated heterocycles. The first-order valence-electron chi connectivity index (χ1n) is 12.8. The minimum absolute atomic E-state index is 0.0280. The Morgan fingerprint density at radius 3 is 2.72 bits per heavy atom. The number of rotatable bonds is 6. The summed E-state index contributed by atoms with van der Waals surface area (Å²) < 4.78 is 18.0. The van der Waals surface area contributed by atoms with Crippen LogP contribution in [0.5, 0.6) is 17.2 Å². The number of hydrogen-bond donors (Lipinski definition) is 1. The smallest absolute Gasteiger partial charge is 0.301 e. The highest BCUT2D eigenvalue weighted by molar-refractivity contribution is 7.22. The minimum Gasteiger partial charge on any atom is -0.507 e. The number of nitrogens with zero attached hydrogens (tertiary/aromatic N) is 2. The number of carbonyl (C=O) groups excluding carboxylic acids is 2. The summed E-state index contributed by atoms with van der Waals surface area (Å²) >= 11 is 1.33. The number of thiazole rings is 1. The predicted octanol–water partition coefficient (Wildman–Crippen LogP) is 5.79. The second-order valence-electron chi connectivity index (χ2n) is 9.42. The van der Waals surface area contributed by atoms with Gasteiger partial charge < -0.3 is 19.3 Å². The van der Waals surface area contributed by atoms with Gasteiger partial charge in [-0.3, -0.25) is 14.5 Å². The zero-order valence-electron chi connectivity index (χ0n) is 21.5. The van der Waals surface area contributed by atoms with Crippen LogP contribution in [0.1, 0.15) is 36.1 Å². The number of aromatic nitrogens is 1. The van der Waals surface area contributed by atoms with Gasteiger partial charge in [-0.1, -0.05) is 36.5 Å². The molecule has 0 unspecified atom stereocenters. The first-order valence-corrected chi connectivity index (χ1v) is 13.6. The highest BCUT2D eigenvalue weighted by Gasteiger charge is 2.48. The highest BCUT2D eigenvalue weighted by atomic mass is 32.1. The van der Waals surface area contributed by atoms with Crippen molar-refractivity contribution in [3.63, 3.8) is 0 Å². The van der Waals surface area contributed by atoms with Crippen LogP contribution in [0.25, 0.3) is 16.0 Å². The molecular formula is C30H26N2O6S. The van der Waals surface area contributed by atoms with Crippen molar-refractivity contribution in [3.8, 4) is 17.2 Å². The van der Waals surface area contributed by atoms with Crippen LogP contribution in [0.2, 0.25) is 0 Å². The molecular weight excluding hydrogens is 516 g/mol. The van der Waals surface area contributed by atoms with Crippen LogP contribution in [0, 0.1) is 6.92 Å². The van der Waals surface area contributed by atoms with Crippen molar-refractivity contribution in [2.45, 2.75) is 26.3 Å². The van der Waals surface area contributed by atoms with Crippen LogP contribution in [0.4, 0.5) is 5.13 Å². The first-order chi connectivity index (χ1) is 18.9. The number of hydrogen-bond acceptors (Lipinski definition) is 8. The molecule has 1 atom stereocenters. The summed E-state index contributed by atoms with van der Waals surface area (Å²) in [6, 6.07) is 17.1. The first kappa shape index (κ1) is 24.9. The van der Waals surface area contributed by atoms with Gasteiger partial charge >= 0.3 is 5.91 Å². The van der Waals surface area contributed by atoms with Crippen molar-refractivity contribution in [1.82, 2.24) is 4.98 Å². The Balaban J connectivity index is 1.52. The number of ketones is 1. The third kappa shape index (κ3) is 4.48. The highest BCUT2D eigenvalue weighted by Crippen LogP contribution is 2.45. The second-order valence-corrected chi connectivity index (χ2v) is 10.4. The number of carbonyl (C=O) groups is 2. The molecule has 8 nitrogen and oxygen atoms in total. The summed E-state index contributed by atoms with van der Waals surface area (Å²) in [6.45, 7) is 5.34. The van der Waals surface area contributed by atoms with E-state index >= 15 is 0 Å². The summed E-state index contributed by atoms with van der Waals surface area (Å²) in [5, 5.41) is 11.9. The van der Waals surface area contributed by atoms with Crippen LogP contribution in [-0.4, -0.2) is 41.6 Å². The fourth-order valence-electron chi connectivity index (χ4n) is 4.81. The van der Waals surface area contributed by atoms with Crippen LogP contribution >= 0.6 is 11.3 Å². The average molecular weight is 543 g/mol. The quantitative estimate of drug-likeness (QED) is 0.187. The number of fused-ring (bicyclic) bond motifs is 2. The third-order valence-corrected chi connectivity index (χ3v) is 7.66. The largest absolute Gasteiger partial charge is 0.507 e. The number of aliphatic hydroxyl groups is 1. The van der Waals surface area contributed by atoms with Crippen molar-refractivity contribution < 1.29 is 28.9 Å². The maximum absolute atomic E-state index is 13.6. The predicted molar refractivity (Wildman–Crippen MR) is 149 cm³/mol. The van der Waals surface area contributed by atoms with Crippen LogP contribution in [0.15, 0.2) is 66.2 Å². The summed E-state index contributed by atoms with van der Waals surface area (Å²) in [6.07, 6.45) is 0.831. The van der Waals surface area contributed by atoms with E-state index in [2.05, 4.69) is 0 Å². The Morgan fingerprint density at radius 1 is 1.08 bits per heavy atom. The fraction of sp³-hybridized carbons (Fsp3) is 0.233. The maximum Gasteiger partial charge on any atom is 0.301 e. The number of aliphatic hydroxyl groups excluding tert-OH is 1. The van der Waals surface area contributed by atoms with Crippen molar-refractivity contribution >= 4 is 44.1 Å². The zero-order chi connectivity index (χ0) is 27.1. The Kier molecular flexibility index (Phi) is 6.44. The SMILES string of the molecule is CCCOc1cccc([C@H]2C(=C(O)c3ccc4c(c3)OCCO4)C(=O)C(=O)N2c2nc3ccc(C)cc3s2)c1. The van der Waals surface area contributed by atoms with E-state index in [4.69, 9.17) is 19.2 Å². The molecule has 9 heteroatoms. The lowest BCUT2D eigenvalue weighted by atomic mass is 9.95. The van der Waals surface area contributed by atoms with E-state index in [0.29, 0.717) is 53.3 Å². The third-order valence-electron chi connectivity index (χ3n) is 6.65. The summed E-state index contributed by atoms with van der Waals surface area (Å²) in [5.41, 5.74) is 2.74. The van der Waals surface area contributed by atoms with Gasteiger partial charge in [0.1, 0.15) is 24.7 Å². The van der Waals surface area contributed by atoms with Crippen molar-refractivity contribution in [2.75, 3.05) is 24.7 Å². The lowest BCUT2D eigenvalue weighted by Gasteiger charge is -2.23. The van der Waals surface area contributed by atoms with Gasteiger partial charge in [-0.2, -0.15) is 0 Å². The molecule has 0 radical (unpaired) electrons. The molecule has 1 amide bonds. The van der Waals surface area contributed by atoms with E-state index in [0.717, 1.165) is 22.2 Å². The molecule has 198 valence electrons. The van der Waals surface area contributed by atoms with Gasteiger partial charge in [0, 0.05) is 5.56 Å². The molecule has 1 N–H and O–H groups in total. The van der Waals surface area contributed by atoms with Gasteiger partial charge in [0.15, 0.2) is 16.6 Å². The van der Waals surface area contributed by atoms with Gasteiger partial charge in [0.05, 0.1) is 28.4 Å². The summed E-state index contributed by atoms with van der Waals surface area (Å²) in [7, 11) is 0. The second kappa shape index (κ2) is 10.1. The Morgan fingerprint density at radius 2 is 1.90 bits per heavy atom. The Labute approximate surface area is 229 Å². The molecule has 2 aliphatic rings. The normalized spacial score (nSPS) is 18.1. The molecule has 0 spiro atoms. The molecule has 1 aromatic heterocycles. The van der Waals surface area contributed by atoms with Crippen molar-refractivity contribution in [1.29, 1.82) is 0 Å². The monoisotopic (exact) mass is 542 g/mol. The number of anilines is 1. The van der Waals surface area contributed by atoms with Gasteiger partial charge in [0.2, 0.25) is 0 Å². The lowest BCUT2D eigenvalue weighted by Crippen LogP contribution is -2.29. The number of benzene rings is 3.